The van der Waals surface area contributed by atoms with Crippen molar-refractivity contribution in [1.82, 2.24) is 4.98 Å². The van der Waals surface area contributed by atoms with Gasteiger partial charge < -0.3 is 4.74 Å². The molecule has 0 saturated carbocycles. The van der Waals surface area contributed by atoms with Crippen LogP contribution in [0.25, 0.3) is 0 Å². The van der Waals surface area contributed by atoms with Crippen molar-refractivity contribution in [1.29, 1.82) is 0 Å². The summed E-state index contributed by atoms with van der Waals surface area (Å²) in [6, 6.07) is 12.9. The van der Waals surface area contributed by atoms with Crippen molar-refractivity contribution in [2.45, 2.75) is 6.42 Å². The molecule has 0 amide bonds. The first kappa shape index (κ1) is 7.56. The van der Waals surface area contributed by atoms with Crippen LogP contribution in [0.2, 0.25) is 0 Å². The average molecular weight is 182 g/mol. The van der Waals surface area contributed by atoms with Crippen LogP contribution in [0.15, 0.2) is 36.5 Å². The molecule has 0 N–H and O–H groups in total. The summed E-state index contributed by atoms with van der Waals surface area (Å²) in [6.07, 6.45) is 2.61. The van der Waals surface area contributed by atoms with Crippen LogP contribution in [0.5, 0.6) is 11.6 Å². The minimum Gasteiger partial charge on any atom is -0.438 e. The van der Waals surface area contributed by atoms with Crippen molar-refractivity contribution in [2.24, 2.45) is 0 Å². The molecule has 1 aromatic heterocycles. The van der Waals surface area contributed by atoms with Gasteiger partial charge in [0, 0.05) is 23.7 Å². The molecule has 0 fully saturated rings. The third-order valence-electron chi connectivity index (χ3n) is 2.32. The lowest BCUT2D eigenvalue weighted by Crippen LogP contribution is -2.03. The molecule has 0 saturated heterocycles. The topological polar surface area (TPSA) is 22.1 Å². The van der Waals surface area contributed by atoms with Crippen LogP contribution >= 0.6 is 0 Å². The summed E-state index contributed by atoms with van der Waals surface area (Å²) >= 11 is 0. The van der Waals surface area contributed by atoms with E-state index in [0.717, 1.165) is 29.2 Å². The molecule has 3 rings (SSSR count). The average Bonchev–Trinajstić information content (AvgIpc) is 2.26. The molecule has 0 unspecified atom stereocenters. The second-order valence-electron chi connectivity index (χ2n) is 3.26. The van der Waals surface area contributed by atoms with Gasteiger partial charge in [0.2, 0.25) is 5.88 Å². The summed E-state index contributed by atoms with van der Waals surface area (Å²) in [5.74, 6) is 1.60. The number of fused-ring (bicyclic) bond motifs is 2. The molecular formula is C12H8NO. The van der Waals surface area contributed by atoms with E-state index in [9.17, 15) is 0 Å². The molecule has 0 bridgehead atoms. The van der Waals surface area contributed by atoms with Gasteiger partial charge in [0.05, 0.1) is 0 Å². The Bertz CT molecular complexity index is 392. The third kappa shape index (κ3) is 1.08. The van der Waals surface area contributed by atoms with Crippen molar-refractivity contribution in [3.63, 3.8) is 0 Å². The van der Waals surface area contributed by atoms with E-state index in [1.807, 2.05) is 30.3 Å². The molecule has 0 spiro atoms. The number of hydrogen-bond acceptors (Lipinski definition) is 2. The van der Waals surface area contributed by atoms with Crippen molar-refractivity contribution < 1.29 is 4.74 Å². The minimum atomic E-state index is 0.722. The second kappa shape index (κ2) is 2.84. The molecule has 1 aliphatic rings. The maximum absolute atomic E-state index is 5.64. The fraction of sp³-hybridized carbons (Fsp3) is 0.0833. The summed E-state index contributed by atoms with van der Waals surface area (Å²) in [5, 5.41) is 0. The van der Waals surface area contributed by atoms with Gasteiger partial charge in [-0.25, -0.2) is 4.98 Å². The SMILES string of the molecule is [c]1cccc2c1Cc1cccnc1O2. The summed E-state index contributed by atoms with van der Waals surface area (Å²) in [5.41, 5.74) is 2.23. The van der Waals surface area contributed by atoms with E-state index < -0.39 is 0 Å². The lowest BCUT2D eigenvalue weighted by Gasteiger charge is -2.17. The molecule has 2 heterocycles. The first-order valence-electron chi connectivity index (χ1n) is 4.55. The van der Waals surface area contributed by atoms with E-state index in [-0.39, 0.29) is 0 Å². The normalized spacial score (nSPS) is 12.6. The summed E-state index contributed by atoms with van der Waals surface area (Å²) in [6.45, 7) is 0. The highest BCUT2D eigenvalue weighted by atomic mass is 16.5. The van der Waals surface area contributed by atoms with Crippen molar-refractivity contribution in [2.75, 3.05) is 0 Å². The zero-order valence-electron chi connectivity index (χ0n) is 7.53. The molecular weight excluding hydrogens is 174 g/mol. The van der Waals surface area contributed by atoms with Gasteiger partial charge in [-0.3, -0.25) is 0 Å². The summed E-state index contributed by atoms with van der Waals surface area (Å²) in [4.78, 5) is 4.18. The second-order valence-corrected chi connectivity index (χ2v) is 3.26. The van der Waals surface area contributed by atoms with Crippen LogP contribution in [0.3, 0.4) is 0 Å². The monoisotopic (exact) mass is 182 g/mol. The molecule has 2 aromatic rings. The lowest BCUT2D eigenvalue weighted by molar-refractivity contribution is 0.440. The number of ether oxygens (including phenoxy) is 1. The third-order valence-corrected chi connectivity index (χ3v) is 2.32. The van der Waals surface area contributed by atoms with Gasteiger partial charge in [0.1, 0.15) is 5.75 Å². The highest BCUT2D eigenvalue weighted by molar-refractivity contribution is 5.45. The fourth-order valence-corrected chi connectivity index (χ4v) is 1.63. The maximum Gasteiger partial charge on any atom is 0.222 e. The molecule has 2 nitrogen and oxygen atoms in total. The van der Waals surface area contributed by atoms with Crippen molar-refractivity contribution >= 4 is 0 Å². The van der Waals surface area contributed by atoms with Crippen LogP contribution in [-0.4, -0.2) is 4.98 Å². The number of aromatic nitrogens is 1. The van der Waals surface area contributed by atoms with Gasteiger partial charge in [0.25, 0.3) is 0 Å². The van der Waals surface area contributed by atoms with Gasteiger partial charge >= 0.3 is 0 Å². The minimum absolute atomic E-state index is 0.722. The Morgan fingerprint density at radius 1 is 1.29 bits per heavy atom. The number of nitrogens with zero attached hydrogens (tertiary/aromatic N) is 1. The zero-order chi connectivity index (χ0) is 9.38. The van der Waals surface area contributed by atoms with E-state index in [1.54, 1.807) is 6.20 Å². The quantitative estimate of drug-likeness (QED) is 0.533. The van der Waals surface area contributed by atoms with Crippen molar-refractivity contribution in [3.05, 3.63) is 53.7 Å². The van der Waals surface area contributed by atoms with Gasteiger partial charge in [-0.15, -0.1) is 0 Å². The first-order chi connectivity index (χ1) is 6.93. The van der Waals surface area contributed by atoms with Crippen LogP contribution < -0.4 is 4.74 Å². The van der Waals surface area contributed by atoms with Gasteiger partial charge in [-0.05, 0) is 18.2 Å². The Labute approximate surface area is 82.2 Å². The van der Waals surface area contributed by atoms with Crippen LogP contribution in [0, 0.1) is 6.07 Å². The summed E-state index contributed by atoms with van der Waals surface area (Å²) in [7, 11) is 0. The van der Waals surface area contributed by atoms with Crippen LogP contribution in [0.1, 0.15) is 11.1 Å². The predicted molar refractivity (Wildman–Crippen MR) is 52.4 cm³/mol. The van der Waals surface area contributed by atoms with E-state index in [1.165, 1.54) is 0 Å². The molecule has 14 heavy (non-hydrogen) atoms. The predicted octanol–water partition coefficient (Wildman–Crippen LogP) is 2.58. The molecule has 1 aromatic carbocycles. The van der Waals surface area contributed by atoms with E-state index >= 15 is 0 Å². The number of benzene rings is 1. The maximum atomic E-state index is 5.64. The molecule has 0 aliphatic carbocycles. The van der Waals surface area contributed by atoms with Crippen LogP contribution in [-0.2, 0) is 6.42 Å². The molecule has 1 radical (unpaired) electrons. The Morgan fingerprint density at radius 3 is 3.29 bits per heavy atom. The molecule has 0 atom stereocenters. The Balaban J connectivity index is 2.12. The molecule has 67 valence electrons. The Hall–Kier alpha value is -1.83. The fourth-order valence-electron chi connectivity index (χ4n) is 1.63. The van der Waals surface area contributed by atoms with Crippen LogP contribution in [0.4, 0.5) is 0 Å². The van der Waals surface area contributed by atoms with Gasteiger partial charge in [0.15, 0.2) is 0 Å². The van der Waals surface area contributed by atoms with E-state index in [4.69, 9.17) is 4.74 Å². The number of rotatable bonds is 0. The first-order valence-corrected chi connectivity index (χ1v) is 4.55. The Morgan fingerprint density at radius 2 is 2.29 bits per heavy atom. The summed E-state index contributed by atoms with van der Waals surface area (Å²) < 4.78 is 5.64. The van der Waals surface area contributed by atoms with E-state index in [2.05, 4.69) is 11.1 Å². The van der Waals surface area contributed by atoms with Gasteiger partial charge in [-0.2, -0.15) is 0 Å². The largest absolute Gasteiger partial charge is 0.438 e. The molecule has 1 aliphatic heterocycles. The zero-order valence-corrected chi connectivity index (χ0v) is 7.53. The lowest BCUT2D eigenvalue weighted by atomic mass is 10.0. The number of pyridine rings is 1. The highest BCUT2D eigenvalue weighted by Gasteiger charge is 2.16. The number of hydrogen-bond donors (Lipinski definition) is 0. The molecule has 2 heteroatoms. The standard InChI is InChI=1S/C12H8NO/c1-2-6-11-9(4-1)8-10-5-3-7-13-12(10)14-11/h1-3,5-7H,8H2. The highest BCUT2D eigenvalue weighted by Crippen LogP contribution is 2.33. The Kier molecular flexibility index (Phi) is 1.53. The smallest absolute Gasteiger partial charge is 0.222 e. The van der Waals surface area contributed by atoms with Gasteiger partial charge in [-0.1, -0.05) is 18.2 Å². The van der Waals surface area contributed by atoms with Crippen molar-refractivity contribution in [3.8, 4) is 11.6 Å². The van der Waals surface area contributed by atoms with E-state index in [0.29, 0.717) is 0 Å².